The highest BCUT2D eigenvalue weighted by Gasteiger charge is 2.10. The van der Waals surface area contributed by atoms with Crippen molar-refractivity contribution in [2.45, 2.75) is 13.5 Å². The molecule has 0 heterocycles. The van der Waals surface area contributed by atoms with Crippen LogP contribution in [0, 0.1) is 18.3 Å². The number of anilines is 1. The number of amides is 1. The minimum atomic E-state index is -0.199. The van der Waals surface area contributed by atoms with Gasteiger partial charge in [0.05, 0.1) is 17.2 Å². The minimum absolute atomic E-state index is 0.199. The lowest BCUT2D eigenvalue weighted by atomic mass is 10.1. The zero-order valence-corrected chi connectivity index (χ0v) is 11.2. The molecule has 2 aromatic carbocycles. The van der Waals surface area contributed by atoms with Crippen molar-refractivity contribution in [2.24, 2.45) is 0 Å². The molecule has 0 atom stereocenters. The number of aryl methyl sites for hydroxylation is 1. The number of nitriles is 1. The molecule has 0 aliphatic heterocycles. The summed E-state index contributed by atoms with van der Waals surface area (Å²) in [5.74, 6) is -0.199. The van der Waals surface area contributed by atoms with E-state index in [0.717, 1.165) is 11.1 Å². The quantitative estimate of drug-likeness (QED) is 0.836. The fourth-order valence-corrected chi connectivity index (χ4v) is 1.85. The molecule has 0 aromatic heterocycles. The zero-order valence-electron chi connectivity index (χ0n) is 11.2. The number of rotatable bonds is 3. The van der Waals surface area contributed by atoms with Crippen LogP contribution in [0.4, 0.5) is 5.69 Å². The van der Waals surface area contributed by atoms with Crippen LogP contribution in [-0.2, 0) is 6.54 Å². The van der Waals surface area contributed by atoms with Crippen LogP contribution in [0.2, 0.25) is 0 Å². The van der Waals surface area contributed by atoms with E-state index in [1.165, 1.54) is 0 Å². The first-order chi connectivity index (χ1) is 9.61. The molecule has 0 aliphatic carbocycles. The Bertz CT molecular complexity index is 669. The normalized spacial score (nSPS) is 9.80. The van der Waals surface area contributed by atoms with E-state index in [9.17, 15) is 4.79 Å². The summed E-state index contributed by atoms with van der Waals surface area (Å²) >= 11 is 0. The van der Waals surface area contributed by atoms with E-state index < -0.39 is 0 Å². The number of hydrogen-bond acceptors (Lipinski definition) is 3. The Morgan fingerprint density at radius 1 is 1.25 bits per heavy atom. The first-order valence-electron chi connectivity index (χ1n) is 6.24. The summed E-state index contributed by atoms with van der Waals surface area (Å²) in [5, 5.41) is 11.5. The number of carbonyl (C=O) groups is 1. The third kappa shape index (κ3) is 2.96. The molecule has 100 valence electrons. The number of nitrogens with two attached hydrogens (primary N) is 1. The Hall–Kier alpha value is -2.80. The average molecular weight is 265 g/mol. The Morgan fingerprint density at radius 2 is 1.95 bits per heavy atom. The molecule has 0 fully saturated rings. The van der Waals surface area contributed by atoms with Crippen molar-refractivity contribution in [1.82, 2.24) is 5.32 Å². The van der Waals surface area contributed by atoms with E-state index in [0.29, 0.717) is 23.4 Å². The summed E-state index contributed by atoms with van der Waals surface area (Å²) in [6.45, 7) is 2.27. The molecule has 4 heteroatoms. The number of carbonyl (C=O) groups excluding carboxylic acids is 1. The van der Waals surface area contributed by atoms with Crippen LogP contribution in [0.25, 0.3) is 0 Å². The van der Waals surface area contributed by atoms with Crippen molar-refractivity contribution in [1.29, 1.82) is 5.26 Å². The van der Waals surface area contributed by atoms with E-state index >= 15 is 0 Å². The molecular formula is C16H15N3O. The molecule has 3 N–H and O–H groups in total. The van der Waals surface area contributed by atoms with Gasteiger partial charge in [-0.2, -0.15) is 5.26 Å². The van der Waals surface area contributed by atoms with Gasteiger partial charge >= 0.3 is 0 Å². The van der Waals surface area contributed by atoms with Crippen molar-refractivity contribution < 1.29 is 4.79 Å². The molecule has 2 rings (SSSR count). The molecule has 1 amide bonds. The smallest absolute Gasteiger partial charge is 0.253 e. The van der Waals surface area contributed by atoms with E-state index in [2.05, 4.69) is 11.4 Å². The van der Waals surface area contributed by atoms with Crippen molar-refractivity contribution in [3.8, 4) is 6.07 Å². The number of nitrogens with one attached hydrogen (secondary N) is 1. The fourth-order valence-electron chi connectivity index (χ4n) is 1.85. The van der Waals surface area contributed by atoms with Gasteiger partial charge in [0.1, 0.15) is 0 Å². The van der Waals surface area contributed by atoms with Gasteiger partial charge in [-0.25, -0.2) is 0 Å². The number of hydrogen-bond donors (Lipinski definition) is 2. The van der Waals surface area contributed by atoms with Crippen LogP contribution in [0.15, 0.2) is 42.5 Å². The predicted octanol–water partition coefficient (Wildman–Crippen LogP) is 2.38. The van der Waals surface area contributed by atoms with Crippen LogP contribution < -0.4 is 11.1 Å². The Morgan fingerprint density at radius 3 is 2.60 bits per heavy atom. The fraction of sp³-hybridized carbons (Fsp3) is 0.125. The van der Waals surface area contributed by atoms with Crippen LogP contribution in [0.3, 0.4) is 0 Å². The van der Waals surface area contributed by atoms with Gasteiger partial charge in [-0.1, -0.05) is 24.3 Å². The summed E-state index contributed by atoms with van der Waals surface area (Å²) in [6.07, 6.45) is 0. The molecule has 20 heavy (non-hydrogen) atoms. The highest BCUT2D eigenvalue weighted by molar-refractivity contribution is 5.99. The topological polar surface area (TPSA) is 78.9 Å². The number of nitrogen functional groups attached to an aromatic ring is 1. The van der Waals surface area contributed by atoms with Gasteiger partial charge in [-0.05, 0) is 36.2 Å². The summed E-state index contributed by atoms with van der Waals surface area (Å²) in [7, 11) is 0. The van der Waals surface area contributed by atoms with Crippen LogP contribution >= 0.6 is 0 Å². The van der Waals surface area contributed by atoms with Crippen molar-refractivity contribution >= 4 is 11.6 Å². The highest BCUT2D eigenvalue weighted by atomic mass is 16.1. The average Bonchev–Trinajstić information content (AvgIpc) is 2.48. The number of nitrogens with zero attached hydrogens (tertiary/aromatic N) is 1. The maximum atomic E-state index is 12.1. The highest BCUT2D eigenvalue weighted by Crippen LogP contribution is 2.16. The SMILES string of the molecule is Cc1cccc(C(=O)NCc2ccc(C#N)cc2)c1N. The second-order valence-electron chi connectivity index (χ2n) is 4.53. The van der Waals surface area contributed by atoms with E-state index in [1.54, 1.807) is 18.2 Å². The van der Waals surface area contributed by atoms with Crippen LogP contribution in [-0.4, -0.2) is 5.91 Å². The zero-order chi connectivity index (χ0) is 14.5. The van der Waals surface area contributed by atoms with E-state index in [1.807, 2.05) is 31.2 Å². The summed E-state index contributed by atoms with van der Waals surface area (Å²) in [5.41, 5.74) is 9.30. The summed E-state index contributed by atoms with van der Waals surface area (Å²) in [4.78, 5) is 12.1. The monoisotopic (exact) mass is 265 g/mol. The summed E-state index contributed by atoms with van der Waals surface area (Å²) in [6, 6.07) is 14.5. The first-order valence-corrected chi connectivity index (χ1v) is 6.24. The molecule has 0 spiro atoms. The molecule has 0 saturated heterocycles. The molecule has 0 bridgehead atoms. The lowest BCUT2D eigenvalue weighted by molar-refractivity contribution is 0.0951. The maximum absolute atomic E-state index is 12.1. The molecule has 2 aromatic rings. The second-order valence-corrected chi connectivity index (χ2v) is 4.53. The Kier molecular flexibility index (Phi) is 4.02. The molecule has 0 aliphatic rings. The first kappa shape index (κ1) is 13.6. The van der Waals surface area contributed by atoms with Gasteiger partial charge in [0, 0.05) is 12.2 Å². The van der Waals surface area contributed by atoms with Gasteiger partial charge in [0.2, 0.25) is 0 Å². The van der Waals surface area contributed by atoms with Crippen molar-refractivity contribution in [3.63, 3.8) is 0 Å². The number of benzene rings is 2. The Labute approximate surface area is 117 Å². The standard InChI is InChI=1S/C16H15N3O/c1-11-3-2-4-14(15(11)18)16(20)19-10-13-7-5-12(9-17)6-8-13/h2-8H,10,18H2,1H3,(H,19,20). The maximum Gasteiger partial charge on any atom is 0.253 e. The second kappa shape index (κ2) is 5.89. The predicted molar refractivity (Wildman–Crippen MR) is 77.9 cm³/mol. The van der Waals surface area contributed by atoms with Crippen molar-refractivity contribution in [2.75, 3.05) is 5.73 Å². The third-order valence-corrected chi connectivity index (χ3v) is 3.10. The lowest BCUT2D eigenvalue weighted by Gasteiger charge is -2.09. The van der Waals surface area contributed by atoms with Gasteiger partial charge in [0.15, 0.2) is 0 Å². The van der Waals surface area contributed by atoms with Crippen LogP contribution in [0.1, 0.15) is 27.0 Å². The van der Waals surface area contributed by atoms with Gasteiger partial charge < -0.3 is 11.1 Å². The minimum Gasteiger partial charge on any atom is -0.398 e. The molecule has 4 nitrogen and oxygen atoms in total. The largest absolute Gasteiger partial charge is 0.398 e. The molecule has 0 unspecified atom stereocenters. The Balaban J connectivity index is 2.05. The molecule has 0 radical (unpaired) electrons. The molecule has 0 saturated carbocycles. The summed E-state index contributed by atoms with van der Waals surface area (Å²) < 4.78 is 0. The van der Waals surface area contributed by atoms with Crippen LogP contribution in [0.5, 0.6) is 0 Å². The van der Waals surface area contributed by atoms with Gasteiger partial charge in [-0.3, -0.25) is 4.79 Å². The number of para-hydroxylation sites is 1. The van der Waals surface area contributed by atoms with Crippen molar-refractivity contribution in [3.05, 3.63) is 64.7 Å². The van der Waals surface area contributed by atoms with Gasteiger partial charge in [0.25, 0.3) is 5.91 Å². The molecular weight excluding hydrogens is 250 g/mol. The third-order valence-electron chi connectivity index (χ3n) is 3.10. The lowest BCUT2D eigenvalue weighted by Crippen LogP contribution is -2.24. The van der Waals surface area contributed by atoms with E-state index in [4.69, 9.17) is 11.0 Å². The van der Waals surface area contributed by atoms with Gasteiger partial charge in [-0.15, -0.1) is 0 Å². The van der Waals surface area contributed by atoms with E-state index in [-0.39, 0.29) is 5.91 Å².